The molecule has 0 saturated carbocycles. The molecule has 3 amide bonds. The van der Waals surface area contributed by atoms with Gasteiger partial charge in [-0.05, 0) is 37.1 Å². The number of piperidine rings is 1. The molecule has 7 nitrogen and oxygen atoms in total. The van der Waals surface area contributed by atoms with Crippen molar-refractivity contribution in [3.63, 3.8) is 0 Å². The molecule has 0 bridgehead atoms. The Kier molecular flexibility index (Phi) is 6.56. The number of carbonyl (C=O) groups excluding carboxylic acids is 2. The van der Waals surface area contributed by atoms with E-state index in [4.69, 9.17) is 9.47 Å². The number of para-hydroxylation sites is 1. The molecule has 0 unspecified atom stereocenters. The first kappa shape index (κ1) is 21.4. The molecular weight excluding hydrogens is 414 g/mol. The van der Waals surface area contributed by atoms with Gasteiger partial charge in [0.15, 0.2) is 6.61 Å². The van der Waals surface area contributed by atoms with Crippen molar-refractivity contribution < 1.29 is 19.1 Å². The van der Waals surface area contributed by atoms with Crippen LogP contribution in [0.3, 0.4) is 0 Å². The van der Waals surface area contributed by atoms with Crippen LogP contribution in [0.5, 0.6) is 11.5 Å². The SMILES string of the molecule is COc1cccc(NC(=O)N2CCC3(CC2)SCCN3C(=O)COc2ccccc2)c1. The molecule has 1 spiro atoms. The van der Waals surface area contributed by atoms with Crippen LogP contribution in [-0.2, 0) is 4.79 Å². The zero-order valence-corrected chi connectivity index (χ0v) is 18.4. The maximum atomic E-state index is 12.9. The summed E-state index contributed by atoms with van der Waals surface area (Å²) in [5, 5.41) is 2.94. The van der Waals surface area contributed by atoms with E-state index in [9.17, 15) is 9.59 Å². The molecule has 2 aromatic rings. The van der Waals surface area contributed by atoms with E-state index in [1.807, 2.05) is 70.1 Å². The number of rotatable bonds is 5. The molecule has 8 heteroatoms. The van der Waals surface area contributed by atoms with E-state index in [2.05, 4.69) is 5.32 Å². The Balaban J connectivity index is 1.32. The van der Waals surface area contributed by atoms with Crippen molar-refractivity contribution >= 4 is 29.4 Å². The largest absolute Gasteiger partial charge is 0.497 e. The molecular formula is C23H27N3O4S. The molecule has 164 valence electrons. The van der Waals surface area contributed by atoms with Gasteiger partial charge < -0.3 is 24.6 Å². The second kappa shape index (κ2) is 9.51. The van der Waals surface area contributed by atoms with Gasteiger partial charge in [-0.25, -0.2) is 4.79 Å². The number of methoxy groups -OCH3 is 1. The van der Waals surface area contributed by atoms with Gasteiger partial charge in [0.05, 0.1) is 12.0 Å². The second-order valence-corrected chi connectivity index (χ2v) is 9.05. The van der Waals surface area contributed by atoms with E-state index < -0.39 is 0 Å². The van der Waals surface area contributed by atoms with Crippen molar-refractivity contribution in [1.82, 2.24) is 9.80 Å². The van der Waals surface area contributed by atoms with Gasteiger partial charge in [0, 0.05) is 37.1 Å². The van der Waals surface area contributed by atoms with Gasteiger partial charge in [0.25, 0.3) is 5.91 Å². The van der Waals surface area contributed by atoms with Crippen molar-refractivity contribution in [2.45, 2.75) is 17.7 Å². The van der Waals surface area contributed by atoms with Gasteiger partial charge >= 0.3 is 6.03 Å². The lowest BCUT2D eigenvalue weighted by molar-refractivity contribution is -0.136. The van der Waals surface area contributed by atoms with Crippen LogP contribution in [0.25, 0.3) is 0 Å². The van der Waals surface area contributed by atoms with Crippen molar-refractivity contribution in [1.29, 1.82) is 0 Å². The minimum Gasteiger partial charge on any atom is -0.497 e. The van der Waals surface area contributed by atoms with E-state index in [1.54, 1.807) is 13.2 Å². The van der Waals surface area contributed by atoms with Crippen LogP contribution in [0.15, 0.2) is 54.6 Å². The fraction of sp³-hybridized carbons (Fsp3) is 0.391. The molecule has 0 aromatic heterocycles. The number of amides is 3. The monoisotopic (exact) mass is 441 g/mol. The van der Waals surface area contributed by atoms with Crippen LogP contribution < -0.4 is 14.8 Å². The zero-order valence-electron chi connectivity index (χ0n) is 17.6. The number of urea groups is 1. The first-order valence-electron chi connectivity index (χ1n) is 10.4. The van der Waals surface area contributed by atoms with Crippen LogP contribution in [0.2, 0.25) is 0 Å². The zero-order chi connectivity index (χ0) is 21.7. The summed E-state index contributed by atoms with van der Waals surface area (Å²) in [5.41, 5.74) is 0.703. The highest BCUT2D eigenvalue weighted by molar-refractivity contribution is 8.00. The third kappa shape index (κ3) is 4.90. The summed E-state index contributed by atoms with van der Waals surface area (Å²) in [6, 6.07) is 16.6. The minimum atomic E-state index is -0.246. The minimum absolute atomic E-state index is 0.00290. The van der Waals surface area contributed by atoms with Gasteiger partial charge in [0.1, 0.15) is 11.5 Å². The lowest BCUT2D eigenvalue weighted by atomic mass is 10.0. The number of ether oxygens (including phenoxy) is 2. The smallest absolute Gasteiger partial charge is 0.321 e. The third-order valence-electron chi connectivity index (χ3n) is 5.74. The number of thioether (sulfide) groups is 1. The Labute approximate surface area is 186 Å². The second-order valence-electron chi connectivity index (χ2n) is 7.59. The Morgan fingerprint density at radius 2 is 1.77 bits per heavy atom. The fourth-order valence-corrected chi connectivity index (χ4v) is 5.55. The average molecular weight is 442 g/mol. The first-order valence-corrected chi connectivity index (χ1v) is 11.4. The lowest BCUT2D eigenvalue weighted by Crippen LogP contribution is -2.55. The van der Waals surface area contributed by atoms with Crippen molar-refractivity contribution in [2.75, 3.05) is 44.4 Å². The molecule has 2 fully saturated rings. The third-order valence-corrected chi connectivity index (χ3v) is 7.29. The number of benzene rings is 2. The van der Waals surface area contributed by atoms with E-state index >= 15 is 0 Å². The number of nitrogens with one attached hydrogen (secondary N) is 1. The van der Waals surface area contributed by atoms with Gasteiger partial charge in [-0.1, -0.05) is 24.3 Å². The Morgan fingerprint density at radius 3 is 2.52 bits per heavy atom. The highest BCUT2D eigenvalue weighted by atomic mass is 32.2. The standard InChI is InChI=1S/C23H27N3O4S/c1-29-20-9-5-6-18(16-20)24-22(28)25-12-10-23(11-13-25)26(14-15-31-23)21(27)17-30-19-7-3-2-4-8-19/h2-9,16H,10-15,17H2,1H3,(H,24,28). The highest BCUT2D eigenvalue weighted by Gasteiger charge is 2.46. The predicted molar refractivity (Wildman–Crippen MR) is 122 cm³/mol. The summed E-state index contributed by atoms with van der Waals surface area (Å²) in [7, 11) is 1.60. The Hall–Kier alpha value is -2.87. The molecule has 0 atom stereocenters. The van der Waals surface area contributed by atoms with E-state index in [0.29, 0.717) is 30.3 Å². The van der Waals surface area contributed by atoms with E-state index in [0.717, 1.165) is 25.1 Å². The molecule has 2 saturated heterocycles. The normalized spacial score (nSPS) is 17.5. The quantitative estimate of drug-likeness (QED) is 0.767. The van der Waals surface area contributed by atoms with Gasteiger partial charge in [-0.15, -0.1) is 11.8 Å². The Morgan fingerprint density at radius 1 is 1.03 bits per heavy atom. The number of carbonyl (C=O) groups is 2. The molecule has 4 rings (SSSR count). The summed E-state index contributed by atoms with van der Waals surface area (Å²) < 4.78 is 10.9. The molecule has 2 aromatic carbocycles. The van der Waals surface area contributed by atoms with Crippen LogP contribution in [0.4, 0.5) is 10.5 Å². The topological polar surface area (TPSA) is 71.1 Å². The highest BCUT2D eigenvalue weighted by Crippen LogP contribution is 2.44. The van der Waals surface area contributed by atoms with Crippen LogP contribution >= 0.6 is 11.8 Å². The van der Waals surface area contributed by atoms with Crippen LogP contribution in [0, 0.1) is 0 Å². The van der Waals surface area contributed by atoms with Gasteiger partial charge in [-0.3, -0.25) is 4.79 Å². The number of hydrogen-bond acceptors (Lipinski definition) is 5. The summed E-state index contributed by atoms with van der Waals surface area (Å²) in [6.07, 6.45) is 1.50. The van der Waals surface area contributed by atoms with Gasteiger partial charge in [0.2, 0.25) is 0 Å². The summed E-state index contributed by atoms with van der Waals surface area (Å²) in [4.78, 5) is 29.1. The molecule has 2 heterocycles. The van der Waals surface area contributed by atoms with Crippen molar-refractivity contribution in [3.8, 4) is 11.5 Å². The van der Waals surface area contributed by atoms with Crippen LogP contribution in [-0.4, -0.2) is 65.7 Å². The predicted octanol–water partition coefficient (Wildman–Crippen LogP) is 3.67. The first-order chi connectivity index (χ1) is 15.1. The average Bonchev–Trinajstić information content (AvgIpc) is 3.21. The molecule has 0 aliphatic carbocycles. The van der Waals surface area contributed by atoms with Crippen molar-refractivity contribution in [3.05, 3.63) is 54.6 Å². The van der Waals surface area contributed by atoms with Crippen LogP contribution in [0.1, 0.15) is 12.8 Å². The van der Waals surface area contributed by atoms with E-state index in [-0.39, 0.29) is 23.4 Å². The van der Waals surface area contributed by atoms with Gasteiger partial charge in [-0.2, -0.15) is 0 Å². The lowest BCUT2D eigenvalue weighted by Gasteiger charge is -2.43. The summed E-state index contributed by atoms with van der Waals surface area (Å²) in [5.74, 6) is 2.31. The van der Waals surface area contributed by atoms with Crippen molar-refractivity contribution in [2.24, 2.45) is 0 Å². The maximum absolute atomic E-state index is 12.9. The summed E-state index contributed by atoms with van der Waals surface area (Å²) in [6.45, 7) is 1.96. The molecule has 0 radical (unpaired) electrons. The Bertz CT molecular complexity index is 916. The molecule has 31 heavy (non-hydrogen) atoms. The number of likely N-dealkylation sites (tertiary alicyclic amines) is 1. The maximum Gasteiger partial charge on any atom is 0.321 e. The number of nitrogens with zero attached hydrogens (tertiary/aromatic N) is 2. The fourth-order valence-electron chi connectivity index (χ4n) is 4.08. The molecule has 1 N–H and O–H groups in total. The van der Waals surface area contributed by atoms with E-state index in [1.165, 1.54) is 0 Å². The number of hydrogen-bond donors (Lipinski definition) is 1. The molecule has 2 aliphatic heterocycles. The number of anilines is 1. The molecule has 2 aliphatic rings. The summed E-state index contributed by atoms with van der Waals surface area (Å²) >= 11 is 1.82.